The summed E-state index contributed by atoms with van der Waals surface area (Å²) in [5.41, 5.74) is 3.86. The van der Waals surface area contributed by atoms with Crippen molar-refractivity contribution in [2.45, 2.75) is 47.2 Å². The number of fused-ring (bicyclic) bond motifs is 1. The van der Waals surface area contributed by atoms with Crippen LogP contribution < -0.4 is 10.9 Å². The van der Waals surface area contributed by atoms with Crippen molar-refractivity contribution >= 4 is 16.8 Å². The summed E-state index contributed by atoms with van der Waals surface area (Å²) in [6, 6.07) is 5.93. The van der Waals surface area contributed by atoms with Crippen molar-refractivity contribution < 1.29 is 4.79 Å². The molecule has 0 radical (unpaired) electrons. The molecule has 7 nitrogen and oxygen atoms in total. The van der Waals surface area contributed by atoms with E-state index in [0.717, 1.165) is 11.3 Å². The zero-order valence-electron chi connectivity index (χ0n) is 15.7. The number of nitrogens with zero attached hydrogens (tertiary/aromatic N) is 4. The lowest BCUT2D eigenvalue weighted by atomic mass is 10.1. The highest BCUT2D eigenvalue weighted by Crippen LogP contribution is 2.19. The minimum Gasteiger partial charge on any atom is -0.352 e. The predicted octanol–water partition coefficient (Wildman–Crippen LogP) is 2.03. The molecule has 2 aromatic heterocycles. The van der Waals surface area contributed by atoms with Gasteiger partial charge in [-0.05, 0) is 57.9 Å². The van der Waals surface area contributed by atoms with Gasteiger partial charge in [-0.3, -0.25) is 9.59 Å². The lowest BCUT2D eigenvalue weighted by Crippen LogP contribution is -2.37. The van der Waals surface area contributed by atoms with Crippen LogP contribution in [0.5, 0.6) is 0 Å². The number of amides is 1. The van der Waals surface area contributed by atoms with Gasteiger partial charge in [0.05, 0.1) is 17.6 Å². The monoisotopic (exact) mass is 353 g/mol. The fraction of sp³-hybridized carbons (Fsp3) is 0.368. The molecule has 3 rings (SSSR count). The third kappa shape index (κ3) is 3.24. The van der Waals surface area contributed by atoms with E-state index in [1.807, 2.05) is 52.8 Å². The van der Waals surface area contributed by atoms with Crippen molar-refractivity contribution in [2.75, 3.05) is 0 Å². The molecule has 7 heteroatoms. The van der Waals surface area contributed by atoms with Gasteiger partial charge in [0.15, 0.2) is 0 Å². The Morgan fingerprint density at radius 2 is 1.92 bits per heavy atom. The molecule has 0 spiro atoms. The third-order valence-electron chi connectivity index (χ3n) is 4.34. The maximum atomic E-state index is 13.0. The van der Waals surface area contributed by atoms with Crippen molar-refractivity contribution in [2.24, 2.45) is 0 Å². The van der Waals surface area contributed by atoms with Gasteiger partial charge in [-0.2, -0.15) is 10.2 Å². The third-order valence-corrected chi connectivity index (χ3v) is 4.34. The molecule has 0 aliphatic rings. The van der Waals surface area contributed by atoms with Crippen LogP contribution in [0.4, 0.5) is 0 Å². The van der Waals surface area contributed by atoms with Gasteiger partial charge in [-0.25, -0.2) is 9.36 Å². The molecule has 0 aliphatic heterocycles. The van der Waals surface area contributed by atoms with Crippen molar-refractivity contribution in [3.05, 3.63) is 51.6 Å². The van der Waals surface area contributed by atoms with E-state index in [0.29, 0.717) is 16.6 Å². The normalized spacial score (nSPS) is 11.3. The summed E-state index contributed by atoms with van der Waals surface area (Å²) >= 11 is 0. The maximum absolute atomic E-state index is 13.0. The summed E-state index contributed by atoms with van der Waals surface area (Å²) in [6.07, 6.45) is 1.65. The molecule has 3 aromatic rings. The Labute approximate surface area is 151 Å². The van der Waals surface area contributed by atoms with E-state index >= 15 is 0 Å². The first kappa shape index (κ1) is 17.8. The second-order valence-corrected chi connectivity index (χ2v) is 6.86. The first-order valence-corrected chi connectivity index (χ1v) is 8.60. The van der Waals surface area contributed by atoms with Crippen LogP contribution >= 0.6 is 0 Å². The van der Waals surface area contributed by atoms with E-state index < -0.39 is 0 Å². The Balaban J connectivity index is 2.14. The standard InChI is InChI=1S/C19H23N5O2/c1-11(2)21-17(25)10-23-19(26)18-16(14(5)22-23)9-20-24(18)15-7-6-12(3)13(4)8-15/h6-9,11H,10H2,1-5H3,(H,21,25). The molecule has 0 aliphatic carbocycles. The molecular formula is C19H23N5O2. The highest BCUT2D eigenvalue weighted by atomic mass is 16.2. The first-order valence-electron chi connectivity index (χ1n) is 8.60. The molecule has 0 saturated heterocycles. The molecule has 136 valence electrons. The molecule has 0 unspecified atom stereocenters. The molecule has 1 N–H and O–H groups in total. The van der Waals surface area contributed by atoms with E-state index in [-0.39, 0.29) is 24.1 Å². The number of nitrogens with one attached hydrogen (secondary N) is 1. The smallest absolute Gasteiger partial charge is 0.293 e. The predicted molar refractivity (Wildman–Crippen MR) is 101 cm³/mol. The Hall–Kier alpha value is -2.96. The Morgan fingerprint density at radius 3 is 2.58 bits per heavy atom. The highest BCUT2D eigenvalue weighted by Gasteiger charge is 2.17. The number of carbonyl (C=O) groups is 1. The first-order chi connectivity index (χ1) is 12.3. The number of hydrogen-bond donors (Lipinski definition) is 1. The Bertz CT molecular complexity index is 1050. The zero-order valence-corrected chi connectivity index (χ0v) is 15.7. The van der Waals surface area contributed by atoms with Gasteiger partial charge >= 0.3 is 0 Å². The van der Waals surface area contributed by atoms with Gasteiger partial charge in [-0.15, -0.1) is 0 Å². The summed E-state index contributed by atoms with van der Waals surface area (Å²) in [7, 11) is 0. The van der Waals surface area contributed by atoms with Gasteiger partial charge < -0.3 is 5.32 Å². The summed E-state index contributed by atoms with van der Waals surface area (Å²) in [4.78, 5) is 25.0. The largest absolute Gasteiger partial charge is 0.352 e. The molecule has 0 atom stereocenters. The van der Waals surface area contributed by atoms with E-state index in [1.165, 1.54) is 10.2 Å². The van der Waals surface area contributed by atoms with Crippen LogP contribution in [0.2, 0.25) is 0 Å². The van der Waals surface area contributed by atoms with Crippen LogP contribution in [0.1, 0.15) is 30.7 Å². The highest BCUT2D eigenvalue weighted by molar-refractivity contribution is 5.82. The molecule has 26 heavy (non-hydrogen) atoms. The van der Waals surface area contributed by atoms with E-state index in [9.17, 15) is 9.59 Å². The average molecular weight is 353 g/mol. The Kier molecular flexibility index (Phi) is 4.63. The number of hydrogen-bond acceptors (Lipinski definition) is 4. The van der Waals surface area contributed by atoms with Gasteiger partial charge in [0.1, 0.15) is 12.1 Å². The number of benzene rings is 1. The molecular weight excluding hydrogens is 330 g/mol. The van der Waals surface area contributed by atoms with Crippen LogP contribution in [0.3, 0.4) is 0 Å². The van der Waals surface area contributed by atoms with Crippen LogP contribution in [0, 0.1) is 20.8 Å². The SMILES string of the molecule is Cc1ccc(-n2ncc3c(C)nn(CC(=O)NC(C)C)c(=O)c32)cc1C. The van der Waals surface area contributed by atoms with Crippen molar-refractivity contribution in [1.82, 2.24) is 24.9 Å². The summed E-state index contributed by atoms with van der Waals surface area (Å²) in [5.74, 6) is -0.245. The van der Waals surface area contributed by atoms with Crippen molar-refractivity contribution in [3.63, 3.8) is 0 Å². The second-order valence-electron chi connectivity index (χ2n) is 6.86. The molecule has 1 aromatic carbocycles. The minimum atomic E-state index is -0.333. The number of aryl methyl sites for hydroxylation is 3. The minimum absolute atomic E-state index is 0.00379. The maximum Gasteiger partial charge on any atom is 0.293 e. The second kappa shape index (κ2) is 6.74. The molecule has 1 amide bonds. The molecule has 0 fully saturated rings. The fourth-order valence-corrected chi connectivity index (χ4v) is 2.89. The van der Waals surface area contributed by atoms with Gasteiger partial charge in [0.2, 0.25) is 5.91 Å². The van der Waals surface area contributed by atoms with Crippen LogP contribution in [0.25, 0.3) is 16.6 Å². The zero-order chi connectivity index (χ0) is 19.0. The lowest BCUT2D eigenvalue weighted by Gasteiger charge is -2.11. The average Bonchev–Trinajstić information content (AvgIpc) is 3.00. The summed E-state index contributed by atoms with van der Waals surface area (Å²) in [5, 5.41) is 12.1. The number of carbonyl (C=O) groups excluding carboxylic acids is 1. The summed E-state index contributed by atoms with van der Waals surface area (Å²) in [6.45, 7) is 9.49. The van der Waals surface area contributed by atoms with E-state index in [1.54, 1.807) is 10.9 Å². The van der Waals surface area contributed by atoms with Crippen LogP contribution in [-0.4, -0.2) is 31.5 Å². The van der Waals surface area contributed by atoms with Crippen molar-refractivity contribution in [1.29, 1.82) is 0 Å². The van der Waals surface area contributed by atoms with E-state index in [2.05, 4.69) is 15.5 Å². The number of aromatic nitrogens is 4. The van der Waals surface area contributed by atoms with Crippen molar-refractivity contribution in [3.8, 4) is 5.69 Å². The lowest BCUT2D eigenvalue weighted by molar-refractivity contribution is -0.122. The fourth-order valence-electron chi connectivity index (χ4n) is 2.89. The molecule has 0 bridgehead atoms. The van der Waals surface area contributed by atoms with Crippen LogP contribution in [0.15, 0.2) is 29.2 Å². The van der Waals surface area contributed by atoms with Gasteiger partial charge in [0.25, 0.3) is 5.56 Å². The molecule has 0 saturated carbocycles. The number of rotatable bonds is 4. The Morgan fingerprint density at radius 1 is 1.19 bits per heavy atom. The van der Waals surface area contributed by atoms with Gasteiger partial charge in [-0.1, -0.05) is 6.07 Å². The van der Waals surface area contributed by atoms with E-state index in [4.69, 9.17) is 0 Å². The van der Waals surface area contributed by atoms with Crippen LogP contribution in [-0.2, 0) is 11.3 Å². The topological polar surface area (TPSA) is 81.8 Å². The van der Waals surface area contributed by atoms with Gasteiger partial charge in [0, 0.05) is 11.4 Å². The summed E-state index contributed by atoms with van der Waals surface area (Å²) < 4.78 is 2.82. The molecule has 2 heterocycles. The quantitative estimate of drug-likeness (QED) is 0.778.